The predicted octanol–water partition coefficient (Wildman–Crippen LogP) is 1.61. The van der Waals surface area contributed by atoms with E-state index in [1.54, 1.807) is 0 Å². The molecule has 1 saturated heterocycles. The highest BCUT2D eigenvalue weighted by atomic mass is 16.5. The van der Waals surface area contributed by atoms with Gasteiger partial charge in [0, 0.05) is 38.1 Å². The summed E-state index contributed by atoms with van der Waals surface area (Å²) in [5.41, 5.74) is 7.72. The van der Waals surface area contributed by atoms with E-state index in [9.17, 15) is 4.79 Å². The molecule has 1 heterocycles. The molecule has 0 aromatic heterocycles. The Hall–Kier alpha value is -2.25. The van der Waals surface area contributed by atoms with Crippen LogP contribution in [-0.4, -0.2) is 69.5 Å². The first-order valence-corrected chi connectivity index (χ1v) is 10.2. The normalized spacial score (nSPS) is 17.5. The monoisotopic (exact) mass is 397 g/mol. The van der Waals surface area contributed by atoms with E-state index in [0.29, 0.717) is 31.8 Å². The molecular weight excluding hydrogens is 366 g/mol. The average molecular weight is 398 g/mol. The first-order valence-electron chi connectivity index (χ1n) is 10.2. The van der Waals surface area contributed by atoms with E-state index >= 15 is 0 Å². The maximum absolute atomic E-state index is 10.7. The van der Waals surface area contributed by atoms with Crippen molar-refractivity contribution in [3.05, 3.63) is 71.8 Å². The molecule has 2 aromatic carbocycles. The third-order valence-electron chi connectivity index (χ3n) is 5.24. The van der Waals surface area contributed by atoms with Crippen LogP contribution in [0.1, 0.15) is 17.0 Å². The van der Waals surface area contributed by atoms with Crippen molar-refractivity contribution < 1.29 is 14.3 Å². The zero-order valence-electron chi connectivity index (χ0n) is 16.8. The van der Waals surface area contributed by atoms with Gasteiger partial charge in [0.25, 0.3) is 0 Å². The lowest BCUT2D eigenvalue weighted by Gasteiger charge is -2.41. The quantitative estimate of drug-likeness (QED) is 0.564. The summed E-state index contributed by atoms with van der Waals surface area (Å²) in [6.45, 7) is 5.19. The van der Waals surface area contributed by atoms with Gasteiger partial charge in [-0.15, -0.1) is 0 Å². The molecule has 6 nitrogen and oxygen atoms in total. The number of nitrogens with one attached hydrogen (secondary N) is 1. The Kier molecular flexibility index (Phi) is 8.64. The first kappa shape index (κ1) is 21.5. The smallest absolute Gasteiger partial charge is 0.243 e. The van der Waals surface area contributed by atoms with Gasteiger partial charge in [-0.2, -0.15) is 0 Å². The molecule has 0 bridgehead atoms. The second kappa shape index (κ2) is 11.7. The molecule has 0 aliphatic carbocycles. The molecule has 0 radical (unpaired) electrons. The fraction of sp³-hybridized carbons (Fsp3) is 0.435. The number of ether oxygens (including phenoxy) is 2. The number of nitrogens with two attached hydrogens (primary N) is 1. The van der Waals surface area contributed by atoms with E-state index in [1.807, 2.05) is 0 Å². The van der Waals surface area contributed by atoms with Crippen LogP contribution in [0.2, 0.25) is 0 Å². The molecule has 2 aromatic rings. The van der Waals surface area contributed by atoms with Crippen molar-refractivity contribution in [2.75, 3.05) is 52.6 Å². The number of rotatable bonds is 11. The molecule has 0 spiro atoms. The number of benzene rings is 2. The van der Waals surface area contributed by atoms with Gasteiger partial charge >= 0.3 is 0 Å². The molecule has 1 unspecified atom stereocenters. The summed E-state index contributed by atoms with van der Waals surface area (Å²) in [6.07, 6.45) is 0. The summed E-state index contributed by atoms with van der Waals surface area (Å²) in [7, 11) is 0. The molecule has 1 aliphatic heterocycles. The highest BCUT2D eigenvalue weighted by Crippen LogP contribution is 2.31. The predicted molar refractivity (Wildman–Crippen MR) is 114 cm³/mol. The van der Waals surface area contributed by atoms with Gasteiger partial charge in [0.2, 0.25) is 5.91 Å². The molecule has 3 N–H and O–H groups in total. The maximum atomic E-state index is 10.7. The first-order chi connectivity index (χ1) is 14.3. The van der Waals surface area contributed by atoms with Gasteiger partial charge in [0.15, 0.2) is 0 Å². The molecule has 6 heteroatoms. The number of amides is 1. The standard InChI is InChI=1S/C23H31N3O3/c24-22(27)18-29-16-15-28-14-13-26-12-11-25-17-21(26)23(19-7-3-1-4-8-19)20-9-5-2-6-10-20/h1-10,21,23,25H,11-18H2,(H2,24,27). The van der Waals surface area contributed by atoms with Crippen LogP contribution in [0.15, 0.2) is 60.7 Å². The summed E-state index contributed by atoms with van der Waals surface area (Å²) in [5.74, 6) is -0.161. The number of hydrogen-bond acceptors (Lipinski definition) is 5. The minimum Gasteiger partial charge on any atom is -0.378 e. The Morgan fingerprint density at radius 1 is 1.00 bits per heavy atom. The van der Waals surface area contributed by atoms with Gasteiger partial charge in [-0.05, 0) is 11.1 Å². The SMILES string of the molecule is NC(=O)COCCOCCN1CCNCC1C(c1ccccc1)c1ccccc1. The van der Waals surface area contributed by atoms with E-state index in [0.717, 1.165) is 26.2 Å². The number of nitrogens with zero attached hydrogens (tertiary/aromatic N) is 1. The van der Waals surface area contributed by atoms with Crippen molar-refractivity contribution in [3.63, 3.8) is 0 Å². The lowest BCUT2D eigenvalue weighted by Crippen LogP contribution is -2.54. The van der Waals surface area contributed by atoms with Crippen molar-refractivity contribution in [2.24, 2.45) is 5.73 Å². The van der Waals surface area contributed by atoms with Crippen LogP contribution >= 0.6 is 0 Å². The van der Waals surface area contributed by atoms with E-state index in [-0.39, 0.29) is 6.61 Å². The lowest BCUT2D eigenvalue weighted by molar-refractivity contribution is -0.123. The highest BCUT2D eigenvalue weighted by molar-refractivity contribution is 5.74. The molecule has 156 valence electrons. The molecule has 1 aliphatic rings. The number of piperazine rings is 1. The zero-order chi connectivity index (χ0) is 20.3. The lowest BCUT2D eigenvalue weighted by atomic mass is 9.83. The van der Waals surface area contributed by atoms with Crippen LogP contribution in [0.25, 0.3) is 0 Å². The largest absolute Gasteiger partial charge is 0.378 e. The Morgan fingerprint density at radius 3 is 2.24 bits per heavy atom. The maximum Gasteiger partial charge on any atom is 0.243 e. The summed E-state index contributed by atoms with van der Waals surface area (Å²) in [6, 6.07) is 21.8. The number of carbonyl (C=O) groups excluding carboxylic acids is 1. The van der Waals surface area contributed by atoms with Crippen molar-refractivity contribution in [2.45, 2.75) is 12.0 Å². The van der Waals surface area contributed by atoms with Crippen molar-refractivity contribution in [3.8, 4) is 0 Å². The van der Waals surface area contributed by atoms with Crippen molar-refractivity contribution in [1.29, 1.82) is 0 Å². The molecule has 29 heavy (non-hydrogen) atoms. The fourth-order valence-corrected chi connectivity index (χ4v) is 3.91. The second-order valence-corrected chi connectivity index (χ2v) is 7.24. The van der Waals surface area contributed by atoms with E-state index in [4.69, 9.17) is 15.2 Å². The highest BCUT2D eigenvalue weighted by Gasteiger charge is 2.31. The minimum atomic E-state index is -0.457. The number of carbonyl (C=O) groups is 1. The van der Waals surface area contributed by atoms with Crippen LogP contribution in [-0.2, 0) is 14.3 Å². The Bertz CT molecular complexity index is 687. The molecule has 1 atom stereocenters. The molecule has 1 amide bonds. The third kappa shape index (κ3) is 6.65. The van der Waals surface area contributed by atoms with Gasteiger partial charge in [-0.25, -0.2) is 0 Å². The Balaban J connectivity index is 1.62. The van der Waals surface area contributed by atoms with Gasteiger partial charge in [0.05, 0.1) is 19.8 Å². The van der Waals surface area contributed by atoms with Gasteiger partial charge in [-0.1, -0.05) is 60.7 Å². The fourth-order valence-electron chi connectivity index (χ4n) is 3.91. The number of primary amides is 1. The topological polar surface area (TPSA) is 76.8 Å². The molecule has 1 fully saturated rings. The van der Waals surface area contributed by atoms with Crippen molar-refractivity contribution >= 4 is 5.91 Å². The average Bonchev–Trinajstić information content (AvgIpc) is 2.75. The molecule has 3 rings (SSSR count). The minimum absolute atomic E-state index is 0.0565. The number of hydrogen-bond donors (Lipinski definition) is 2. The van der Waals surface area contributed by atoms with E-state index < -0.39 is 5.91 Å². The summed E-state index contributed by atoms with van der Waals surface area (Å²) >= 11 is 0. The summed E-state index contributed by atoms with van der Waals surface area (Å²) in [4.78, 5) is 13.2. The van der Waals surface area contributed by atoms with Crippen LogP contribution in [0.3, 0.4) is 0 Å². The summed E-state index contributed by atoms with van der Waals surface area (Å²) < 4.78 is 10.9. The van der Waals surface area contributed by atoms with Crippen LogP contribution in [0.4, 0.5) is 0 Å². The van der Waals surface area contributed by atoms with E-state index in [1.165, 1.54) is 11.1 Å². The summed E-state index contributed by atoms with van der Waals surface area (Å²) in [5, 5.41) is 3.57. The van der Waals surface area contributed by atoms with Gasteiger partial charge in [0.1, 0.15) is 6.61 Å². The Labute approximate surface area is 173 Å². The molecule has 0 saturated carbocycles. The van der Waals surface area contributed by atoms with Crippen LogP contribution in [0.5, 0.6) is 0 Å². The van der Waals surface area contributed by atoms with Crippen LogP contribution < -0.4 is 11.1 Å². The van der Waals surface area contributed by atoms with Crippen LogP contribution in [0, 0.1) is 0 Å². The van der Waals surface area contributed by atoms with Crippen molar-refractivity contribution in [1.82, 2.24) is 10.2 Å². The second-order valence-electron chi connectivity index (χ2n) is 7.24. The van der Waals surface area contributed by atoms with Gasteiger partial charge in [-0.3, -0.25) is 9.69 Å². The third-order valence-corrected chi connectivity index (χ3v) is 5.24. The van der Waals surface area contributed by atoms with Gasteiger partial charge < -0.3 is 20.5 Å². The zero-order valence-corrected chi connectivity index (χ0v) is 16.8. The molecular formula is C23H31N3O3. The van der Waals surface area contributed by atoms with E-state index in [2.05, 4.69) is 70.9 Å². The Morgan fingerprint density at radius 2 is 1.62 bits per heavy atom.